The van der Waals surface area contributed by atoms with Crippen LogP contribution >= 0.6 is 0 Å². The van der Waals surface area contributed by atoms with Gasteiger partial charge in [0.1, 0.15) is 6.10 Å². The Morgan fingerprint density at radius 3 is 2.63 bits per heavy atom. The number of nitrogens with zero attached hydrogens (tertiary/aromatic N) is 1. The minimum Gasteiger partial charge on any atom is -0.462 e. The third kappa shape index (κ3) is 3.01. The highest BCUT2D eigenvalue weighted by molar-refractivity contribution is 6.30. The van der Waals surface area contributed by atoms with Crippen LogP contribution in [-0.4, -0.2) is 24.9 Å². The standard InChI is InChI=1S/C26H34BNO2/c1-16(29)30-19-10-12-25(2)18(14-19)5-6-20-22-8-7-21(17-4-9-24(27)28-15-17)26(22,3)13-11-23(20)25/h4-5,7,9,15,19-20,22-23H,6,8,10-14,27H2,1-3H3. The SMILES string of the molecule is Bc1ccc(C2=CCC3C4CC=C5CC(OC(C)=O)CCC5(C)C4CCC23C)cn1. The summed E-state index contributed by atoms with van der Waals surface area (Å²) in [6.45, 7) is 6.57. The van der Waals surface area contributed by atoms with E-state index in [1.165, 1.54) is 43.7 Å². The number of carbonyl (C=O) groups excluding carboxylic acids is 1. The maximum absolute atomic E-state index is 11.5. The Morgan fingerprint density at radius 1 is 1.10 bits per heavy atom. The lowest BCUT2D eigenvalue weighted by molar-refractivity contribution is -0.148. The van der Waals surface area contributed by atoms with Gasteiger partial charge in [0.05, 0.1) is 0 Å². The average Bonchev–Trinajstić information content (AvgIpc) is 3.06. The predicted molar refractivity (Wildman–Crippen MR) is 123 cm³/mol. The molecule has 1 heterocycles. The summed E-state index contributed by atoms with van der Waals surface area (Å²) in [7, 11) is 2.06. The van der Waals surface area contributed by atoms with Gasteiger partial charge in [-0.25, -0.2) is 0 Å². The summed E-state index contributed by atoms with van der Waals surface area (Å²) in [4.78, 5) is 16.0. The number of esters is 1. The van der Waals surface area contributed by atoms with Crippen LogP contribution in [-0.2, 0) is 9.53 Å². The molecular weight excluding hydrogens is 369 g/mol. The van der Waals surface area contributed by atoms with E-state index in [-0.39, 0.29) is 22.9 Å². The molecule has 2 fully saturated rings. The quantitative estimate of drug-likeness (QED) is 0.422. The van der Waals surface area contributed by atoms with E-state index >= 15 is 0 Å². The molecule has 0 amide bonds. The van der Waals surface area contributed by atoms with E-state index in [0.29, 0.717) is 0 Å². The van der Waals surface area contributed by atoms with Gasteiger partial charge in [0.25, 0.3) is 0 Å². The van der Waals surface area contributed by atoms with Gasteiger partial charge in [-0.2, -0.15) is 0 Å². The first kappa shape index (κ1) is 20.1. The first-order valence-corrected chi connectivity index (χ1v) is 11.8. The minimum absolute atomic E-state index is 0.0843. The summed E-state index contributed by atoms with van der Waals surface area (Å²) in [5, 5.41) is 0. The number of carbonyl (C=O) groups is 1. The second kappa shape index (κ2) is 7.10. The maximum atomic E-state index is 11.5. The molecule has 0 bridgehead atoms. The van der Waals surface area contributed by atoms with Gasteiger partial charge < -0.3 is 4.74 Å². The number of fused-ring (bicyclic) bond motifs is 5. The van der Waals surface area contributed by atoms with Crippen molar-refractivity contribution in [1.29, 1.82) is 0 Å². The molecule has 6 atom stereocenters. The number of allylic oxidation sites excluding steroid dienone is 3. The predicted octanol–water partition coefficient (Wildman–Crippen LogP) is 4.23. The van der Waals surface area contributed by atoms with Crippen molar-refractivity contribution in [2.75, 3.05) is 0 Å². The third-order valence-corrected chi connectivity index (χ3v) is 9.19. The van der Waals surface area contributed by atoms with Gasteiger partial charge in [-0.05, 0) is 83.8 Å². The van der Waals surface area contributed by atoms with Crippen molar-refractivity contribution in [3.8, 4) is 0 Å². The van der Waals surface area contributed by atoms with Gasteiger partial charge in [-0.3, -0.25) is 9.78 Å². The molecule has 0 aliphatic heterocycles. The second-order valence-corrected chi connectivity index (χ2v) is 10.7. The van der Waals surface area contributed by atoms with Crippen LogP contribution in [0.25, 0.3) is 5.57 Å². The van der Waals surface area contributed by atoms with Crippen molar-refractivity contribution >= 4 is 25.0 Å². The molecule has 4 heteroatoms. The molecule has 0 spiro atoms. The average molecular weight is 403 g/mol. The van der Waals surface area contributed by atoms with Crippen molar-refractivity contribution in [1.82, 2.24) is 4.98 Å². The fourth-order valence-electron chi connectivity index (χ4n) is 7.60. The van der Waals surface area contributed by atoms with Gasteiger partial charge in [0.15, 0.2) is 7.85 Å². The van der Waals surface area contributed by atoms with Gasteiger partial charge >= 0.3 is 5.97 Å². The number of hydrogen-bond donors (Lipinski definition) is 0. The summed E-state index contributed by atoms with van der Waals surface area (Å²) in [5.41, 5.74) is 6.08. The lowest BCUT2D eigenvalue weighted by Crippen LogP contribution is -2.50. The Hall–Kier alpha value is -1.84. The maximum Gasteiger partial charge on any atom is 0.302 e. The highest BCUT2D eigenvalue weighted by Gasteiger charge is 2.56. The Bertz CT molecular complexity index is 919. The highest BCUT2D eigenvalue weighted by Crippen LogP contribution is 2.66. The molecular formula is C26H34BNO2. The zero-order valence-corrected chi connectivity index (χ0v) is 18.9. The van der Waals surface area contributed by atoms with Crippen LogP contribution in [0.15, 0.2) is 36.1 Å². The summed E-state index contributed by atoms with van der Waals surface area (Å²) < 4.78 is 5.58. The topological polar surface area (TPSA) is 39.2 Å². The molecule has 30 heavy (non-hydrogen) atoms. The van der Waals surface area contributed by atoms with E-state index < -0.39 is 0 Å². The van der Waals surface area contributed by atoms with Crippen LogP contribution in [0.2, 0.25) is 0 Å². The van der Waals surface area contributed by atoms with Crippen molar-refractivity contribution in [3.63, 3.8) is 0 Å². The van der Waals surface area contributed by atoms with Crippen LogP contribution in [0.4, 0.5) is 0 Å². The molecule has 3 nitrogen and oxygen atoms in total. The van der Waals surface area contributed by atoms with Gasteiger partial charge in [-0.1, -0.05) is 43.7 Å². The van der Waals surface area contributed by atoms with E-state index in [9.17, 15) is 4.79 Å². The Morgan fingerprint density at radius 2 is 1.90 bits per heavy atom. The zero-order valence-electron chi connectivity index (χ0n) is 18.9. The molecule has 0 aromatic carbocycles. The number of pyridine rings is 1. The summed E-state index contributed by atoms with van der Waals surface area (Å²) in [6.07, 6.45) is 15.3. The van der Waals surface area contributed by atoms with Gasteiger partial charge in [0.2, 0.25) is 0 Å². The fourth-order valence-corrected chi connectivity index (χ4v) is 7.60. The Kier molecular flexibility index (Phi) is 4.76. The molecule has 5 rings (SSSR count). The molecule has 0 saturated heterocycles. The molecule has 6 unspecified atom stereocenters. The summed E-state index contributed by atoms with van der Waals surface area (Å²) in [6, 6.07) is 4.42. The van der Waals surface area contributed by atoms with Gasteiger partial charge in [0, 0.05) is 19.5 Å². The third-order valence-electron chi connectivity index (χ3n) is 9.19. The van der Waals surface area contributed by atoms with E-state index in [2.05, 4.69) is 57.2 Å². The number of rotatable bonds is 2. The second-order valence-electron chi connectivity index (χ2n) is 10.7. The van der Waals surface area contributed by atoms with Crippen LogP contribution < -0.4 is 5.59 Å². The fraction of sp³-hybridized carbons (Fsp3) is 0.615. The minimum atomic E-state index is -0.138. The summed E-state index contributed by atoms with van der Waals surface area (Å²) >= 11 is 0. The first-order valence-electron chi connectivity index (χ1n) is 11.8. The van der Waals surface area contributed by atoms with Crippen LogP contribution in [0.3, 0.4) is 0 Å². The monoisotopic (exact) mass is 403 g/mol. The zero-order chi connectivity index (χ0) is 21.1. The molecule has 1 aromatic rings. The van der Waals surface area contributed by atoms with Crippen molar-refractivity contribution < 1.29 is 9.53 Å². The summed E-state index contributed by atoms with van der Waals surface area (Å²) in [5.74, 6) is 2.11. The van der Waals surface area contributed by atoms with Crippen LogP contribution in [0, 0.1) is 28.6 Å². The largest absolute Gasteiger partial charge is 0.462 e. The molecule has 4 aliphatic rings. The normalized spacial score (nSPS) is 39.8. The lowest BCUT2D eigenvalue weighted by atomic mass is 9.47. The van der Waals surface area contributed by atoms with E-state index in [4.69, 9.17) is 4.74 Å². The number of ether oxygens (including phenoxy) is 1. The molecule has 4 aliphatic carbocycles. The number of aromatic nitrogens is 1. The van der Waals surface area contributed by atoms with Crippen molar-refractivity contribution in [3.05, 3.63) is 41.6 Å². The van der Waals surface area contributed by atoms with Crippen LogP contribution in [0.5, 0.6) is 0 Å². The Balaban J connectivity index is 1.40. The van der Waals surface area contributed by atoms with Crippen molar-refractivity contribution in [2.24, 2.45) is 28.6 Å². The van der Waals surface area contributed by atoms with Crippen molar-refractivity contribution in [2.45, 2.75) is 71.8 Å². The molecule has 2 saturated carbocycles. The van der Waals surface area contributed by atoms with Crippen LogP contribution in [0.1, 0.15) is 71.3 Å². The number of hydrogen-bond acceptors (Lipinski definition) is 3. The van der Waals surface area contributed by atoms with E-state index in [0.717, 1.165) is 42.6 Å². The van der Waals surface area contributed by atoms with Gasteiger partial charge in [-0.15, -0.1) is 0 Å². The lowest BCUT2D eigenvalue weighted by Gasteiger charge is -2.57. The Labute approximate surface area is 181 Å². The first-order chi connectivity index (χ1) is 14.3. The molecule has 1 aromatic heterocycles. The van der Waals surface area contributed by atoms with E-state index in [1.807, 2.05) is 0 Å². The molecule has 158 valence electrons. The highest BCUT2D eigenvalue weighted by atomic mass is 16.5. The molecule has 0 N–H and O–H groups in total. The smallest absolute Gasteiger partial charge is 0.302 e. The molecule has 0 radical (unpaired) electrons. The van der Waals surface area contributed by atoms with E-state index in [1.54, 1.807) is 5.57 Å².